The standard InChI is InChI=1S/C66H121N2O7P/c1-7-10-13-16-19-22-25-28-30-31-32-33-34-35-36-37-38-41-44-47-50-53-56-59-66(70)75-64(57-54-51-48-45-42-39-27-24-21-18-15-12-9-3)63(62-74-76(71,72)73-61-60-68(4,5)6)67-65(69)58-55-52-49-46-43-40-29-26-23-20-17-14-11-8-2/h11,14,19-20,22-23,28-30,40,54,57,63-64H,7-10,12-13,15-18,21,24-27,31-39,41-53,55-56,58-62H2,1-6H3,(H-,67,69,71,72)/b14-11+,22-19-,23-20+,30-28-,40-29+,57-54-. The molecule has 3 unspecified atom stereocenters. The van der Waals surface area contributed by atoms with Crippen LogP contribution in [0.15, 0.2) is 72.9 Å². The average molecular weight is 1090 g/mol. The first-order chi connectivity index (χ1) is 36.9. The predicted molar refractivity (Wildman–Crippen MR) is 325 cm³/mol. The van der Waals surface area contributed by atoms with Crippen LogP contribution < -0.4 is 10.2 Å². The van der Waals surface area contributed by atoms with Crippen molar-refractivity contribution in [3.63, 3.8) is 0 Å². The smallest absolute Gasteiger partial charge is 0.306 e. The van der Waals surface area contributed by atoms with Gasteiger partial charge < -0.3 is 28.5 Å². The zero-order valence-corrected chi connectivity index (χ0v) is 51.3. The van der Waals surface area contributed by atoms with Crippen molar-refractivity contribution in [1.82, 2.24) is 5.32 Å². The molecule has 76 heavy (non-hydrogen) atoms. The number of carbonyl (C=O) groups excluding carboxylic acids is 2. The van der Waals surface area contributed by atoms with Crippen LogP contribution in [0.25, 0.3) is 0 Å². The van der Waals surface area contributed by atoms with Crippen molar-refractivity contribution >= 4 is 19.7 Å². The second-order valence-corrected chi connectivity index (χ2v) is 23.9. The van der Waals surface area contributed by atoms with Crippen molar-refractivity contribution in [2.75, 3.05) is 40.9 Å². The van der Waals surface area contributed by atoms with Crippen molar-refractivity contribution in [3.05, 3.63) is 72.9 Å². The van der Waals surface area contributed by atoms with Crippen molar-refractivity contribution in [2.24, 2.45) is 0 Å². The lowest BCUT2D eigenvalue weighted by Crippen LogP contribution is -2.47. The number of likely N-dealkylation sites (N-methyl/N-ethyl adjacent to an activating group) is 1. The van der Waals surface area contributed by atoms with Crippen LogP contribution in [-0.4, -0.2) is 69.4 Å². The molecule has 0 aliphatic carbocycles. The Balaban J connectivity index is 5.20. The fourth-order valence-electron chi connectivity index (χ4n) is 8.98. The van der Waals surface area contributed by atoms with Gasteiger partial charge in [-0.2, -0.15) is 0 Å². The largest absolute Gasteiger partial charge is 0.756 e. The molecule has 0 aliphatic heterocycles. The van der Waals surface area contributed by atoms with Gasteiger partial charge in [0.05, 0.1) is 33.8 Å². The van der Waals surface area contributed by atoms with E-state index in [-0.39, 0.29) is 31.3 Å². The maximum absolute atomic E-state index is 13.5. The molecule has 0 fully saturated rings. The monoisotopic (exact) mass is 1080 g/mol. The SMILES string of the molecule is CC/C=C/C/C=C/C/C=C/CCCCCCC(=O)NC(COP(=O)([O-])OCC[N+](C)(C)C)C(/C=C\CCCCCCCCCCCCC)OC(=O)CCCCCCCCCCCCCCC/C=C\C/C=C\CCCCC. The number of unbranched alkanes of at least 4 members (excludes halogenated alkanes) is 31. The highest BCUT2D eigenvalue weighted by Crippen LogP contribution is 2.38. The van der Waals surface area contributed by atoms with Crippen LogP contribution >= 0.6 is 7.82 Å². The highest BCUT2D eigenvalue weighted by Gasteiger charge is 2.27. The molecule has 9 nitrogen and oxygen atoms in total. The zero-order valence-electron chi connectivity index (χ0n) is 50.4. The van der Waals surface area contributed by atoms with E-state index in [1.807, 2.05) is 33.3 Å². The summed E-state index contributed by atoms with van der Waals surface area (Å²) >= 11 is 0. The number of carbonyl (C=O) groups is 2. The molecule has 0 aromatic carbocycles. The summed E-state index contributed by atoms with van der Waals surface area (Å²) in [5, 5.41) is 3.02. The summed E-state index contributed by atoms with van der Waals surface area (Å²) in [5.74, 6) is -0.564. The Hall–Kier alpha value is -2.55. The summed E-state index contributed by atoms with van der Waals surface area (Å²) in [5.41, 5.74) is 0. The van der Waals surface area contributed by atoms with Gasteiger partial charge in [0, 0.05) is 12.8 Å². The maximum Gasteiger partial charge on any atom is 0.306 e. The number of esters is 1. The molecule has 442 valence electrons. The molecule has 0 aliphatic rings. The zero-order chi connectivity index (χ0) is 55.7. The van der Waals surface area contributed by atoms with Gasteiger partial charge in [0.25, 0.3) is 7.82 Å². The van der Waals surface area contributed by atoms with E-state index in [0.717, 1.165) is 89.9 Å². The first-order valence-corrected chi connectivity index (χ1v) is 33.2. The Bertz CT molecular complexity index is 1530. The molecule has 0 saturated heterocycles. The fourth-order valence-corrected chi connectivity index (χ4v) is 9.70. The van der Waals surface area contributed by atoms with Crippen LogP contribution in [0.2, 0.25) is 0 Å². The molecule has 0 rings (SSSR count). The van der Waals surface area contributed by atoms with Gasteiger partial charge in [0.2, 0.25) is 5.91 Å². The molecule has 1 N–H and O–H groups in total. The number of hydrogen-bond acceptors (Lipinski definition) is 7. The second-order valence-electron chi connectivity index (χ2n) is 22.5. The Morgan fingerprint density at radius 3 is 1.29 bits per heavy atom. The third kappa shape index (κ3) is 56.2. The molecule has 10 heteroatoms. The molecular formula is C66H121N2O7P. The van der Waals surface area contributed by atoms with Crippen LogP contribution in [-0.2, 0) is 27.9 Å². The van der Waals surface area contributed by atoms with E-state index in [1.165, 1.54) is 154 Å². The van der Waals surface area contributed by atoms with E-state index < -0.39 is 26.6 Å². The van der Waals surface area contributed by atoms with Crippen LogP contribution in [0.1, 0.15) is 284 Å². The fraction of sp³-hybridized carbons (Fsp3) is 0.788. The summed E-state index contributed by atoms with van der Waals surface area (Å²) in [4.78, 5) is 40.0. The Labute approximate surface area is 470 Å². The number of rotatable bonds is 57. The minimum absolute atomic E-state index is 0.0286. The van der Waals surface area contributed by atoms with Crippen molar-refractivity contribution < 1.29 is 37.3 Å². The van der Waals surface area contributed by atoms with Gasteiger partial charge in [-0.05, 0) is 96.0 Å². The Kier molecular flexibility index (Phi) is 53.9. The summed E-state index contributed by atoms with van der Waals surface area (Å²) in [7, 11) is 1.17. The average Bonchev–Trinajstić information content (AvgIpc) is 3.38. The quantitative estimate of drug-likeness (QED) is 0.0212. The Morgan fingerprint density at radius 2 is 0.842 bits per heavy atom. The van der Waals surface area contributed by atoms with Crippen LogP contribution in [0.5, 0.6) is 0 Å². The lowest BCUT2D eigenvalue weighted by Gasteiger charge is -2.30. The highest BCUT2D eigenvalue weighted by molar-refractivity contribution is 7.45. The normalized spacial score (nSPS) is 14.1. The molecule has 0 spiro atoms. The number of nitrogens with zero attached hydrogens (tertiary/aromatic N) is 1. The van der Waals surface area contributed by atoms with Crippen LogP contribution in [0.4, 0.5) is 0 Å². The van der Waals surface area contributed by atoms with E-state index in [0.29, 0.717) is 17.4 Å². The number of phosphoric ester groups is 1. The number of allylic oxidation sites excluding steroid dienone is 11. The predicted octanol–water partition coefficient (Wildman–Crippen LogP) is 19.0. The second kappa shape index (κ2) is 55.8. The molecule has 0 bridgehead atoms. The van der Waals surface area contributed by atoms with Crippen molar-refractivity contribution in [3.8, 4) is 0 Å². The molecule has 0 aromatic rings. The van der Waals surface area contributed by atoms with Gasteiger partial charge in [0.1, 0.15) is 19.3 Å². The van der Waals surface area contributed by atoms with E-state index in [4.69, 9.17) is 13.8 Å². The number of hydrogen-bond donors (Lipinski definition) is 1. The summed E-state index contributed by atoms with van der Waals surface area (Å²) < 4.78 is 30.3. The van der Waals surface area contributed by atoms with Crippen molar-refractivity contribution in [1.29, 1.82) is 0 Å². The molecule has 0 saturated carbocycles. The van der Waals surface area contributed by atoms with Gasteiger partial charge in [-0.3, -0.25) is 14.2 Å². The number of ether oxygens (including phenoxy) is 1. The van der Waals surface area contributed by atoms with Crippen LogP contribution in [0.3, 0.4) is 0 Å². The number of phosphoric acid groups is 1. The Morgan fingerprint density at radius 1 is 0.474 bits per heavy atom. The number of amides is 1. The topological polar surface area (TPSA) is 114 Å². The lowest BCUT2D eigenvalue weighted by atomic mass is 10.0. The van der Waals surface area contributed by atoms with Gasteiger partial charge in [-0.1, -0.05) is 248 Å². The first kappa shape index (κ1) is 73.5. The molecule has 0 heterocycles. The first-order valence-electron chi connectivity index (χ1n) is 31.7. The third-order valence-electron chi connectivity index (χ3n) is 13.9. The third-order valence-corrected chi connectivity index (χ3v) is 14.8. The summed E-state index contributed by atoms with van der Waals surface area (Å²) in [6.45, 7) is 6.70. The maximum atomic E-state index is 13.5. The van der Waals surface area contributed by atoms with Gasteiger partial charge in [0.15, 0.2) is 0 Å². The van der Waals surface area contributed by atoms with E-state index >= 15 is 0 Å². The number of nitrogens with one attached hydrogen (secondary N) is 1. The minimum atomic E-state index is -4.71. The molecule has 0 radical (unpaired) electrons. The summed E-state index contributed by atoms with van der Waals surface area (Å²) in [6.07, 6.45) is 71.6. The van der Waals surface area contributed by atoms with Crippen LogP contribution in [0, 0.1) is 0 Å². The molecule has 3 atom stereocenters. The molecular weight excluding hydrogens is 964 g/mol. The molecule has 1 amide bonds. The van der Waals surface area contributed by atoms with E-state index in [2.05, 4.69) is 86.8 Å². The lowest BCUT2D eigenvalue weighted by molar-refractivity contribution is -0.870. The van der Waals surface area contributed by atoms with E-state index in [9.17, 15) is 19.0 Å². The summed E-state index contributed by atoms with van der Waals surface area (Å²) in [6, 6.07) is -0.902. The highest BCUT2D eigenvalue weighted by atomic mass is 31.2. The van der Waals surface area contributed by atoms with Gasteiger partial charge >= 0.3 is 5.97 Å². The van der Waals surface area contributed by atoms with Crippen molar-refractivity contribution in [2.45, 2.75) is 296 Å². The van der Waals surface area contributed by atoms with Gasteiger partial charge in [-0.25, -0.2) is 0 Å². The van der Waals surface area contributed by atoms with E-state index in [1.54, 1.807) is 0 Å². The number of quaternary nitrogens is 1. The minimum Gasteiger partial charge on any atom is -0.756 e. The molecule has 0 aromatic heterocycles. The van der Waals surface area contributed by atoms with Gasteiger partial charge in [-0.15, -0.1) is 0 Å².